The Balaban J connectivity index is 1.24. The summed E-state index contributed by atoms with van der Waals surface area (Å²) in [4.78, 5) is 12.6. The van der Waals surface area contributed by atoms with Gasteiger partial charge >= 0.3 is 5.97 Å². The summed E-state index contributed by atoms with van der Waals surface area (Å²) in [6, 6.07) is 17.4. The van der Waals surface area contributed by atoms with E-state index in [2.05, 4.69) is 10.3 Å². The predicted molar refractivity (Wildman–Crippen MR) is 144 cm³/mol. The number of ether oxygens (including phenoxy) is 5. The first-order valence-electron chi connectivity index (χ1n) is 12.8. The molecule has 208 valence electrons. The Morgan fingerprint density at radius 3 is 2.23 bits per heavy atom. The summed E-state index contributed by atoms with van der Waals surface area (Å²) >= 11 is 0. The van der Waals surface area contributed by atoms with Gasteiger partial charge in [0.1, 0.15) is 18.1 Å². The quantitative estimate of drug-likeness (QED) is 0.252. The molecule has 1 fully saturated rings. The average Bonchev–Trinajstić information content (AvgIpc) is 3.59. The number of rotatable bonds is 11. The maximum absolute atomic E-state index is 13.2. The Kier molecular flexibility index (Phi) is 8.14. The van der Waals surface area contributed by atoms with Crippen LogP contribution in [0.4, 0.5) is 4.39 Å². The van der Waals surface area contributed by atoms with Gasteiger partial charge in [0.15, 0.2) is 23.0 Å². The van der Waals surface area contributed by atoms with Crippen molar-refractivity contribution in [2.75, 3.05) is 27.9 Å². The first-order chi connectivity index (χ1) is 19.5. The number of cyclic esters (lactones) is 1. The second kappa shape index (κ2) is 12.1. The van der Waals surface area contributed by atoms with Crippen molar-refractivity contribution in [2.45, 2.75) is 19.4 Å². The van der Waals surface area contributed by atoms with Gasteiger partial charge in [-0.05, 0) is 72.5 Å². The van der Waals surface area contributed by atoms with Gasteiger partial charge in [-0.2, -0.15) is 0 Å². The van der Waals surface area contributed by atoms with Gasteiger partial charge in [0.2, 0.25) is 0 Å². The smallest absolute Gasteiger partial charge is 0.309 e. The summed E-state index contributed by atoms with van der Waals surface area (Å²) in [5, 5.41) is 8.21. The number of nitrogens with zero attached hydrogens (tertiary/aromatic N) is 3. The van der Waals surface area contributed by atoms with Crippen LogP contribution in [-0.4, -0.2) is 48.9 Å². The lowest BCUT2D eigenvalue weighted by molar-refractivity contribution is -0.141. The van der Waals surface area contributed by atoms with E-state index < -0.39 is 0 Å². The highest BCUT2D eigenvalue weighted by Gasteiger charge is 2.37. The van der Waals surface area contributed by atoms with E-state index in [0.29, 0.717) is 53.8 Å². The van der Waals surface area contributed by atoms with Gasteiger partial charge in [-0.15, -0.1) is 5.10 Å². The topological polar surface area (TPSA) is 93.9 Å². The largest absolute Gasteiger partial charge is 0.493 e. The molecule has 0 aliphatic carbocycles. The number of methoxy groups -OCH3 is 3. The lowest BCUT2D eigenvalue weighted by atomic mass is 9.85. The molecule has 1 aromatic heterocycles. The summed E-state index contributed by atoms with van der Waals surface area (Å²) < 4.78 is 42.5. The highest BCUT2D eigenvalue weighted by Crippen LogP contribution is 2.35. The van der Waals surface area contributed by atoms with Gasteiger partial charge in [-0.25, -0.2) is 9.07 Å². The van der Waals surface area contributed by atoms with Crippen LogP contribution in [0.3, 0.4) is 0 Å². The number of esters is 1. The maximum Gasteiger partial charge on any atom is 0.309 e. The van der Waals surface area contributed by atoms with Crippen LogP contribution in [0.25, 0.3) is 5.69 Å². The molecule has 2 atom stereocenters. The fraction of sp³-hybridized carbons (Fsp3) is 0.300. The van der Waals surface area contributed by atoms with Crippen LogP contribution in [0.5, 0.6) is 23.0 Å². The average molecular weight is 548 g/mol. The van der Waals surface area contributed by atoms with E-state index in [4.69, 9.17) is 23.7 Å². The lowest BCUT2D eigenvalue weighted by Gasteiger charge is -2.17. The molecule has 1 aliphatic heterocycles. The number of hydrogen-bond acceptors (Lipinski definition) is 8. The minimum absolute atomic E-state index is 0.0243. The summed E-state index contributed by atoms with van der Waals surface area (Å²) in [6.07, 6.45) is 2.91. The molecule has 0 radical (unpaired) electrons. The van der Waals surface area contributed by atoms with Crippen molar-refractivity contribution in [3.63, 3.8) is 0 Å². The van der Waals surface area contributed by atoms with Crippen LogP contribution in [0.1, 0.15) is 16.8 Å². The van der Waals surface area contributed by atoms with E-state index in [1.54, 1.807) is 44.3 Å². The number of carbonyl (C=O) groups excluding carboxylic acids is 1. The minimum Gasteiger partial charge on any atom is -0.493 e. The van der Waals surface area contributed by atoms with Crippen LogP contribution in [0.2, 0.25) is 0 Å². The number of aromatic nitrogens is 3. The third-order valence-electron chi connectivity index (χ3n) is 6.95. The van der Waals surface area contributed by atoms with Gasteiger partial charge in [0, 0.05) is 5.92 Å². The monoisotopic (exact) mass is 547 g/mol. The van der Waals surface area contributed by atoms with Crippen LogP contribution in [0.15, 0.2) is 66.9 Å². The molecule has 0 spiro atoms. The fourth-order valence-corrected chi connectivity index (χ4v) is 4.81. The molecule has 4 aromatic rings. The zero-order valence-electron chi connectivity index (χ0n) is 22.5. The van der Waals surface area contributed by atoms with E-state index in [0.717, 1.165) is 11.1 Å². The third-order valence-corrected chi connectivity index (χ3v) is 6.95. The number of halogens is 1. The summed E-state index contributed by atoms with van der Waals surface area (Å²) in [6.45, 7) is 0.536. The molecule has 0 N–H and O–H groups in total. The van der Waals surface area contributed by atoms with Crippen molar-refractivity contribution in [1.82, 2.24) is 15.0 Å². The molecule has 5 rings (SSSR count). The Bertz CT molecular complexity index is 1470. The third kappa shape index (κ3) is 6.01. The SMILES string of the molecule is COc1ccc(C[C@H]2COC(=O)[C@@H]2Cc2ccc(OCc3cn(-c4ccc(F)cc4)nn3)c(OC)c2)cc1OC. The Morgan fingerprint density at radius 1 is 0.875 bits per heavy atom. The van der Waals surface area contributed by atoms with E-state index >= 15 is 0 Å². The first-order valence-corrected chi connectivity index (χ1v) is 12.8. The van der Waals surface area contributed by atoms with Crippen molar-refractivity contribution in [3.8, 4) is 28.7 Å². The number of hydrogen-bond donors (Lipinski definition) is 0. The van der Waals surface area contributed by atoms with Crippen molar-refractivity contribution in [1.29, 1.82) is 0 Å². The summed E-state index contributed by atoms with van der Waals surface area (Å²) in [7, 11) is 4.77. The van der Waals surface area contributed by atoms with Crippen molar-refractivity contribution < 1.29 is 32.9 Å². The van der Waals surface area contributed by atoms with E-state index in [9.17, 15) is 9.18 Å². The highest BCUT2D eigenvalue weighted by atomic mass is 19.1. The molecule has 40 heavy (non-hydrogen) atoms. The van der Waals surface area contributed by atoms with Crippen LogP contribution in [0, 0.1) is 17.7 Å². The Labute approximate surface area is 231 Å². The minimum atomic E-state index is -0.318. The standard InChI is InChI=1S/C30H30FN3O6/c1-36-26-10-4-19(14-28(26)37-2)12-21-17-40-30(35)25(21)13-20-5-11-27(29(15-20)38-3)39-18-23-16-34(33-32-23)24-8-6-22(31)7-9-24/h4-11,14-16,21,25H,12-13,17-18H2,1-3H3/t21-,25+/m0/s1. The molecule has 10 heteroatoms. The molecule has 0 bridgehead atoms. The molecule has 0 saturated carbocycles. The van der Waals surface area contributed by atoms with Crippen molar-refractivity contribution >= 4 is 5.97 Å². The molecule has 1 saturated heterocycles. The fourth-order valence-electron chi connectivity index (χ4n) is 4.81. The predicted octanol–water partition coefficient (Wildman–Crippen LogP) is 4.59. The van der Waals surface area contributed by atoms with E-state index in [1.165, 1.54) is 12.1 Å². The normalized spacial score (nSPS) is 16.4. The van der Waals surface area contributed by atoms with Crippen LogP contribution >= 0.6 is 0 Å². The number of benzene rings is 3. The lowest BCUT2D eigenvalue weighted by Crippen LogP contribution is -2.20. The molecular formula is C30H30FN3O6. The van der Waals surface area contributed by atoms with Gasteiger partial charge in [-0.1, -0.05) is 17.3 Å². The zero-order valence-corrected chi connectivity index (χ0v) is 22.5. The second-order valence-electron chi connectivity index (χ2n) is 9.50. The second-order valence-corrected chi connectivity index (χ2v) is 9.50. The molecule has 0 amide bonds. The summed E-state index contributed by atoms with van der Waals surface area (Å²) in [5.74, 6) is 1.62. The van der Waals surface area contributed by atoms with Crippen LogP contribution < -0.4 is 18.9 Å². The molecule has 1 aliphatic rings. The molecule has 0 unspecified atom stereocenters. The zero-order chi connectivity index (χ0) is 28.1. The van der Waals surface area contributed by atoms with Crippen LogP contribution in [-0.2, 0) is 29.0 Å². The maximum atomic E-state index is 13.2. The highest BCUT2D eigenvalue weighted by molar-refractivity contribution is 5.75. The number of carbonyl (C=O) groups is 1. The van der Waals surface area contributed by atoms with Gasteiger partial charge < -0.3 is 23.7 Å². The van der Waals surface area contributed by atoms with Gasteiger partial charge in [0.25, 0.3) is 0 Å². The van der Waals surface area contributed by atoms with E-state index in [1.807, 2.05) is 36.4 Å². The van der Waals surface area contributed by atoms with Gasteiger partial charge in [0.05, 0.1) is 45.7 Å². The van der Waals surface area contributed by atoms with Crippen molar-refractivity contribution in [3.05, 3.63) is 89.5 Å². The molecule has 2 heterocycles. The Morgan fingerprint density at radius 2 is 1.52 bits per heavy atom. The molecule has 9 nitrogen and oxygen atoms in total. The first kappa shape index (κ1) is 27.0. The Hall–Kier alpha value is -4.60. The van der Waals surface area contributed by atoms with E-state index in [-0.39, 0.29) is 30.2 Å². The summed E-state index contributed by atoms with van der Waals surface area (Å²) in [5.41, 5.74) is 3.27. The van der Waals surface area contributed by atoms with Crippen molar-refractivity contribution in [2.24, 2.45) is 11.8 Å². The molecular weight excluding hydrogens is 517 g/mol. The molecule has 3 aromatic carbocycles. The van der Waals surface area contributed by atoms with Gasteiger partial charge in [-0.3, -0.25) is 4.79 Å².